The molecule has 3 aromatic rings. The second kappa shape index (κ2) is 14.7. The fourth-order valence-electron chi connectivity index (χ4n) is 6.52. The number of ether oxygens (including phenoxy) is 1. The van der Waals surface area contributed by atoms with Crippen LogP contribution < -0.4 is 16.0 Å². The molecule has 252 valence electrons. The number of amides is 5. The first-order valence-corrected chi connectivity index (χ1v) is 15.9. The van der Waals surface area contributed by atoms with E-state index >= 15 is 0 Å². The smallest absolute Gasteiger partial charge is 0.408 e. The molecule has 0 saturated carbocycles. The van der Waals surface area contributed by atoms with Gasteiger partial charge in [0.15, 0.2) is 0 Å². The molecule has 0 radical (unpaired) electrons. The van der Waals surface area contributed by atoms with Gasteiger partial charge in [-0.1, -0.05) is 74.5 Å². The summed E-state index contributed by atoms with van der Waals surface area (Å²) in [7, 11) is 1.49. The van der Waals surface area contributed by atoms with Crippen LogP contribution in [0.4, 0.5) is 14.9 Å². The fourth-order valence-corrected chi connectivity index (χ4v) is 6.52. The molecule has 5 amide bonds. The van der Waals surface area contributed by atoms with Crippen molar-refractivity contribution < 1.29 is 33.1 Å². The van der Waals surface area contributed by atoms with Crippen molar-refractivity contribution >= 4 is 35.9 Å². The van der Waals surface area contributed by atoms with Gasteiger partial charge >= 0.3 is 6.09 Å². The lowest BCUT2D eigenvalue weighted by Crippen LogP contribution is -2.57. The van der Waals surface area contributed by atoms with Crippen molar-refractivity contribution in [3.05, 3.63) is 101 Å². The fraction of sp³-hybridized carbons (Fsp3) is 0.361. The number of carbonyl (C=O) groups excluding carboxylic acids is 5. The summed E-state index contributed by atoms with van der Waals surface area (Å²) in [6.45, 7) is 3.81. The van der Waals surface area contributed by atoms with Crippen molar-refractivity contribution in [3.8, 4) is 0 Å². The van der Waals surface area contributed by atoms with Crippen molar-refractivity contribution in [2.45, 2.75) is 63.4 Å². The van der Waals surface area contributed by atoms with Crippen LogP contribution in [0.3, 0.4) is 0 Å². The van der Waals surface area contributed by atoms with Gasteiger partial charge in [-0.05, 0) is 47.2 Å². The number of fused-ring (bicyclic) bond motifs is 2. The number of anilines is 1. The van der Waals surface area contributed by atoms with Crippen LogP contribution in [-0.4, -0.2) is 71.9 Å². The molecule has 2 heterocycles. The molecule has 4 atom stereocenters. The molecule has 0 bridgehead atoms. The van der Waals surface area contributed by atoms with Gasteiger partial charge in [-0.15, -0.1) is 0 Å². The minimum Gasteiger partial charge on any atom is -0.445 e. The van der Waals surface area contributed by atoms with Crippen molar-refractivity contribution in [1.29, 1.82) is 0 Å². The van der Waals surface area contributed by atoms with Crippen LogP contribution >= 0.6 is 0 Å². The van der Waals surface area contributed by atoms with Crippen molar-refractivity contribution in [1.82, 2.24) is 20.4 Å². The summed E-state index contributed by atoms with van der Waals surface area (Å²) >= 11 is 0. The highest BCUT2D eigenvalue weighted by Crippen LogP contribution is 2.46. The molecule has 0 aromatic heterocycles. The van der Waals surface area contributed by atoms with E-state index in [1.54, 1.807) is 18.2 Å². The number of alkyl carbamates (subject to hydrolysis) is 1. The van der Waals surface area contributed by atoms with E-state index in [1.807, 2.05) is 50.2 Å². The Morgan fingerprint density at radius 3 is 2.42 bits per heavy atom. The van der Waals surface area contributed by atoms with Gasteiger partial charge in [0.05, 0.1) is 5.41 Å². The quantitative estimate of drug-likeness (QED) is 0.254. The molecular weight excluding hydrogens is 617 g/mol. The average molecular weight is 658 g/mol. The Hall–Kier alpha value is -5.26. The molecule has 1 spiro atoms. The zero-order chi connectivity index (χ0) is 34.4. The molecule has 1 fully saturated rings. The zero-order valence-corrected chi connectivity index (χ0v) is 27.1. The lowest BCUT2D eigenvalue weighted by molar-refractivity contribution is -0.147. The van der Waals surface area contributed by atoms with Gasteiger partial charge in [0.25, 0.3) is 0 Å². The monoisotopic (exact) mass is 657 g/mol. The normalized spacial score (nSPS) is 19.3. The Balaban J connectivity index is 1.40. The van der Waals surface area contributed by atoms with Gasteiger partial charge in [0.1, 0.15) is 30.7 Å². The minimum absolute atomic E-state index is 0.000117. The highest BCUT2D eigenvalue weighted by atomic mass is 19.1. The van der Waals surface area contributed by atoms with E-state index in [2.05, 4.69) is 16.0 Å². The largest absolute Gasteiger partial charge is 0.445 e. The number of rotatable bonds is 12. The Morgan fingerprint density at radius 1 is 1.04 bits per heavy atom. The van der Waals surface area contributed by atoms with Crippen LogP contribution in [0.15, 0.2) is 78.9 Å². The second-order valence-corrected chi connectivity index (χ2v) is 12.7. The Labute approximate surface area is 278 Å². The van der Waals surface area contributed by atoms with E-state index in [1.165, 1.54) is 41.1 Å². The van der Waals surface area contributed by atoms with Crippen LogP contribution in [0.1, 0.15) is 43.4 Å². The van der Waals surface area contributed by atoms with Gasteiger partial charge in [0.2, 0.25) is 24.1 Å². The number of hydrogen-bond donors (Lipinski definition) is 3. The van der Waals surface area contributed by atoms with E-state index in [0.717, 1.165) is 11.1 Å². The number of benzene rings is 3. The number of likely N-dealkylation sites (N-methyl/N-ethyl adjacent to an activating group) is 1. The number of nitrogens with one attached hydrogen (secondary N) is 3. The summed E-state index contributed by atoms with van der Waals surface area (Å²) in [6, 6.07) is 19.7. The van der Waals surface area contributed by atoms with Crippen molar-refractivity contribution in [2.24, 2.45) is 5.92 Å². The molecule has 2 aliphatic rings. The number of hydrogen-bond acceptors (Lipinski definition) is 6. The van der Waals surface area contributed by atoms with Gasteiger partial charge in [-0.25, -0.2) is 9.18 Å². The third kappa shape index (κ3) is 7.32. The molecule has 5 rings (SSSR count). The van der Waals surface area contributed by atoms with Crippen LogP contribution in [0, 0.1) is 11.7 Å². The zero-order valence-electron chi connectivity index (χ0n) is 27.1. The maximum atomic E-state index is 14.5. The van der Waals surface area contributed by atoms with Crippen LogP contribution in [-0.2, 0) is 42.4 Å². The standard InChI is InChI=1S/C36H40FN5O6/c1-23(2)17-30(33(45)42-21-36(19-31(42)38-22-43)27-11-7-8-12-28(27)39-34(36)46)41(3)32(44)29(18-24-13-15-26(37)16-14-24)40-35(47)48-20-25-9-5-4-6-10-25/h4-16,22-23,29-31H,17-21H2,1-3H3,(H,38,43)(H,39,46)(H,40,47)/t29-,30-,31-,36-/m0/s1. The lowest BCUT2D eigenvalue weighted by Gasteiger charge is -2.36. The van der Waals surface area contributed by atoms with Crippen LogP contribution in [0.25, 0.3) is 0 Å². The van der Waals surface area contributed by atoms with E-state index in [4.69, 9.17) is 4.74 Å². The number of likely N-dealkylation sites (tertiary alicyclic amines) is 1. The topological polar surface area (TPSA) is 137 Å². The molecule has 11 nitrogen and oxygen atoms in total. The van der Waals surface area contributed by atoms with Gasteiger partial charge in [-0.2, -0.15) is 0 Å². The lowest BCUT2D eigenvalue weighted by atomic mass is 9.80. The van der Waals surface area contributed by atoms with Crippen LogP contribution in [0.5, 0.6) is 0 Å². The second-order valence-electron chi connectivity index (χ2n) is 12.7. The third-order valence-electron chi connectivity index (χ3n) is 8.98. The van der Waals surface area contributed by atoms with Gasteiger partial charge in [0, 0.05) is 32.1 Å². The number of halogens is 1. The number of nitrogens with zero attached hydrogens (tertiary/aromatic N) is 2. The number of para-hydroxylation sites is 1. The highest BCUT2D eigenvalue weighted by molar-refractivity contribution is 6.07. The van der Waals surface area contributed by atoms with Crippen molar-refractivity contribution in [3.63, 3.8) is 0 Å². The maximum absolute atomic E-state index is 14.5. The summed E-state index contributed by atoms with van der Waals surface area (Å²) in [5.74, 6) is -1.75. The van der Waals surface area contributed by atoms with E-state index in [9.17, 15) is 28.4 Å². The third-order valence-corrected chi connectivity index (χ3v) is 8.98. The first-order valence-electron chi connectivity index (χ1n) is 15.9. The molecule has 2 aliphatic heterocycles. The highest BCUT2D eigenvalue weighted by Gasteiger charge is 2.56. The Kier molecular flexibility index (Phi) is 10.4. The van der Waals surface area contributed by atoms with Gasteiger partial charge in [-0.3, -0.25) is 19.2 Å². The number of carbonyl (C=O) groups is 5. The molecule has 12 heteroatoms. The first-order chi connectivity index (χ1) is 23.0. The van der Waals surface area contributed by atoms with Crippen LogP contribution in [0.2, 0.25) is 0 Å². The predicted molar refractivity (Wildman–Crippen MR) is 176 cm³/mol. The average Bonchev–Trinajstić information content (AvgIpc) is 3.59. The summed E-state index contributed by atoms with van der Waals surface area (Å²) in [4.78, 5) is 69.5. The Bertz CT molecular complexity index is 1650. The molecule has 1 saturated heterocycles. The molecule has 3 N–H and O–H groups in total. The molecule has 0 aliphatic carbocycles. The molecule has 0 unspecified atom stereocenters. The van der Waals surface area contributed by atoms with Gasteiger partial charge < -0.3 is 30.5 Å². The minimum atomic E-state index is -1.16. The summed E-state index contributed by atoms with van der Waals surface area (Å²) in [5, 5.41) is 8.26. The SMILES string of the molecule is CC(C)C[C@@H](C(=O)N1C[C@]2(C[C@H]1NC=O)C(=O)Nc1ccccc12)N(C)C(=O)[C@H](Cc1ccc(F)cc1)NC(=O)OCc1ccccc1. The van der Waals surface area contributed by atoms with Crippen molar-refractivity contribution in [2.75, 3.05) is 18.9 Å². The summed E-state index contributed by atoms with van der Waals surface area (Å²) in [6.07, 6.45) is -0.699. The first kappa shape index (κ1) is 34.1. The molecule has 3 aromatic carbocycles. The molecular formula is C36H40FN5O6. The summed E-state index contributed by atoms with van der Waals surface area (Å²) < 4.78 is 19.1. The summed E-state index contributed by atoms with van der Waals surface area (Å²) in [5.41, 5.74) is 1.66. The van der Waals surface area contributed by atoms with E-state index < -0.39 is 47.4 Å². The van der Waals surface area contributed by atoms with E-state index in [0.29, 0.717) is 17.7 Å². The maximum Gasteiger partial charge on any atom is 0.408 e. The van der Waals surface area contributed by atoms with E-state index in [-0.39, 0.29) is 44.2 Å². The Morgan fingerprint density at radius 2 is 1.73 bits per heavy atom. The predicted octanol–water partition coefficient (Wildman–Crippen LogP) is 3.73. The molecule has 48 heavy (non-hydrogen) atoms.